The van der Waals surface area contributed by atoms with Crippen molar-refractivity contribution in [2.75, 3.05) is 5.32 Å². The Morgan fingerprint density at radius 2 is 1.74 bits per heavy atom. The van der Waals surface area contributed by atoms with Crippen LogP contribution in [0.15, 0.2) is 24.3 Å². The van der Waals surface area contributed by atoms with Gasteiger partial charge in [0.15, 0.2) is 0 Å². The molecule has 5 heteroatoms. The lowest BCUT2D eigenvalue weighted by Gasteiger charge is -2.24. The van der Waals surface area contributed by atoms with Crippen LogP contribution in [0.3, 0.4) is 0 Å². The average Bonchev–Trinajstić information content (AvgIpc) is 2.31. The number of benzene rings is 1. The van der Waals surface area contributed by atoms with Crippen molar-refractivity contribution in [3.63, 3.8) is 0 Å². The SMILES string of the molecule is CC(C)NC(=O)C(C)(C)C(=O)Nc1ccccc1F. The lowest BCUT2D eigenvalue weighted by molar-refractivity contribution is -0.138. The van der Waals surface area contributed by atoms with Crippen LogP contribution in [0, 0.1) is 11.2 Å². The molecule has 0 aromatic heterocycles. The van der Waals surface area contributed by atoms with Crippen molar-refractivity contribution in [2.24, 2.45) is 5.41 Å². The quantitative estimate of drug-likeness (QED) is 0.822. The van der Waals surface area contributed by atoms with Gasteiger partial charge in [0, 0.05) is 6.04 Å². The number of halogens is 1. The summed E-state index contributed by atoms with van der Waals surface area (Å²) in [6, 6.07) is 5.77. The molecular formula is C14H19FN2O2. The second-order valence-corrected chi connectivity index (χ2v) is 5.19. The molecule has 19 heavy (non-hydrogen) atoms. The Balaban J connectivity index is 2.82. The summed E-state index contributed by atoms with van der Waals surface area (Å²) in [6.45, 7) is 6.62. The van der Waals surface area contributed by atoms with E-state index < -0.39 is 23.0 Å². The fourth-order valence-corrected chi connectivity index (χ4v) is 1.39. The number of para-hydroxylation sites is 1. The molecule has 0 aliphatic heterocycles. The van der Waals surface area contributed by atoms with Crippen molar-refractivity contribution in [2.45, 2.75) is 33.7 Å². The molecule has 1 rings (SSSR count). The van der Waals surface area contributed by atoms with Crippen LogP contribution in [-0.4, -0.2) is 17.9 Å². The van der Waals surface area contributed by atoms with Crippen molar-refractivity contribution in [3.05, 3.63) is 30.1 Å². The number of hydrogen-bond donors (Lipinski definition) is 2. The smallest absolute Gasteiger partial charge is 0.239 e. The molecule has 0 saturated carbocycles. The summed E-state index contributed by atoms with van der Waals surface area (Å²) in [7, 11) is 0. The van der Waals surface area contributed by atoms with Gasteiger partial charge in [-0.25, -0.2) is 4.39 Å². The Bertz CT molecular complexity index is 484. The van der Waals surface area contributed by atoms with Crippen molar-refractivity contribution in [1.29, 1.82) is 0 Å². The number of rotatable bonds is 4. The summed E-state index contributed by atoms with van der Waals surface area (Å²) in [5, 5.41) is 5.10. The first kappa shape index (κ1) is 15.1. The Morgan fingerprint density at radius 3 is 2.26 bits per heavy atom. The fourth-order valence-electron chi connectivity index (χ4n) is 1.39. The normalized spacial score (nSPS) is 11.3. The van der Waals surface area contributed by atoms with Crippen LogP contribution in [0.4, 0.5) is 10.1 Å². The standard InChI is InChI=1S/C14H19FN2O2/c1-9(2)16-12(18)14(3,4)13(19)17-11-8-6-5-7-10(11)15/h5-9H,1-4H3,(H,16,18)(H,17,19). The second kappa shape index (κ2) is 5.82. The van der Waals surface area contributed by atoms with E-state index in [2.05, 4.69) is 10.6 Å². The van der Waals surface area contributed by atoms with E-state index >= 15 is 0 Å². The van der Waals surface area contributed by atoms with Crippen molar-refractivity contribution in [1.82, 2.24) is 5.32 Å². The molecule has 0 aliphatic rings. The first-order valence-electron chi connectivity index (χ1n) is 6.12. The molecular weight excluding hydrogens is 247 g/mol. The molecule has 0 bridgehead atoms. The molecule has 0 fully saturated rings. The minimum atomic E-state index is -1.27. The van der Waals surface area contributed by atoms with Gasteiger partial charge in [0.2, 0.25) is 11.8 Å². The number of nitrogens with one attached hydrogen (secondary N) is 2. The number of carbonyl (C=O) groups excluding carboxylic acids is 2. The largest absolute Gasteiger partial charge is 0.353 e. The van der Waals surface area contributed by atoms with Gasteiger partial charge in [-0.15, -0.1) is 0 Å². The lowest BCUT2D eigenvalue weighted by Crippen LogP contribution is -2.47. The van der Waals surface area contributed by atoms with Crippen molar-refractivity contribution < 1.29 is 14.0 Å². The highest BCUT2D eigenvalue weighted by Crippen LogP contribution is 2.20. The van der Waals surface area contributed by atoms with Crippen LogP contribution in [0.25, 0.3) is 0 Å². The Labute approximate surface area is 112 Å². The van der Waals surface area contributed by atoms with Gasteiger partial charge in [0.25, 0.3) is 0 Å². The van der Waals surface area contributed by atoms with E-state index in [1.54, 1.807) is 6.07 Å². The zero-order chi connectivity index (χ0) is 14.6. The minimum absolute atomic E-state index is 0.0620. The molecule has 104 valence electrons. The van der Waals surface area contributed by atoms with Crippen LogP contribution >= 0.6 is 0 Å². The molecule has 0 unspecified atom stereocenters. The maximum absolute atomic E-state index is 13.4. The van der Waals surface area contributed by atoms with Gasteiger partial charge < -0.3 is 10.6 Å². The van der Waals surface area contributed by atoms with E-state index in [0.717, 1.165) is 0 Å². The van der Waals surface area contributed by atoms with E-state index in [1.807, 2.05) is 13.8 Å². The highest BCUT2D eigenvalue weighted by molar-refractivity contribution is 6.09. The van der Waals surface area contributed by atoms with Crippen LogP contribution in [-0.2, 0) is 9.59 Å². The van der Waals surface area contributed by atoms with Crippen LogP contribution in [0.2, 0.25) is 0 Å². The van der Waals surface area contributed by atoms with E-state index in [0.29, 0.717) is 0 Å². The molecule has 1 aromatic rings. The molecule has 0 aliphatic carbocycles. The highest BCUT2D eigenvalue weighted by atomic mass is 19.1. The summed E-state index contributed by atoms with van der Waals surface area (Å²) in [5.74, 6) is -1.47. The maximum Gasteiger partial charge on any atom is 0.239 e. The third-order valence-electron chi connectivity index (χ3n) is 2.68. The molecule has 4 nitrogen and oxygen atoms in total. The van der Waals surface area contributed by atoms with Crippen molar-refractivity contribution >= 4 is 17.5 Å². The first-order chi connectivity index (χ1) is 8.75. The van der Waals surface area contributed by atoms with E-state index in [1.165, 1.54) is 32.0 Å². The molecule has 1 aromatic carbocycles. The fraction of sp³-hybridized carbons (Fsp3) is 0.429. The summed E-state index contributed by atoms with van der Waals surface area (Å²) in [4.78, 5) is 24.0. The predicted molar refractivity (Wildman–Crippen MR) is 72.1 cm³/mol. The maximum atomic E-state index is 13.4. The van der Waals surface area contributed by atoms with Crippen LogP contribution < -0.4 is 10.6 Å². The third kappa shape index (κ3) is 3.77. The molecule has 0 spiro atoms. The Kier molecular flexibility index (Phi) is 4.64. The third-order valence-corrected chi connectivity index (χ3v) is 2.68. The summed E-state index contributed by atoms with van der Waals surface area (Å²) in [5.41, 5.74) is -1.20. The average molecular weight is 266 g/mol. The van der Waals surface area contributed by atoms with Crippen LogP contribution in [0.5, 0.6) is 0 Å². The van der Waals surface area contributed by atoms with Crippen molar-refractivity contribution in [3.8, 4) is 0 Å². The number of hydrogen-bond acceptors (Lipinski definition) is 2. The monoisotopic (exact) mass is 266 g/mol. The number of carbonyl (C=O) groups is 2. The summed E-state index contributed by atoms with van der Waals surface area (Å²) >= 11 is 0. The molecule has 0 heterocycles. The molecule has 2 amide bonds. The second-order valence-electron chi connectivity index (χ2n) is 5.19. The van der Waals surface area contributed by atoms with Gasteiger partial charge in [0.1, 0.15) is 11.2 Å². The van der Waals surface area contributed by atoms with E-state index in [4.69, 9.17) is 0 Å². The van der Waals surface area contributed by atoms with Gasteiger partial charge in [-0.2, -0.15) is 0 Å². The summed E-state index contributed by atoms with van der Waals surface area (Å²) in [6.07, 6.45) is 0. The lowest BCUT2D eigenvalue weighted by atomic mass is 9.90. The molecule has 2 N–H and O–H groups in total. The molecule has 0 radical (unpaired) electrons. The topological polar surface area (TPSA) is 58.2 Å². The van der Waals surface area contributed by atoms with Gasteiger partial charge in [-0.3, -0.25) is 9.59 Å². The molecule has 0 saturated heterocycles. The Hall–Kier alpha value is -1.91. The highest BCUT2D eigenvalue weighted by Gasteiger charge is 2.36. The van der Waals surface area contributed by atoms with Gasteiger partial charge in [0.05, 0.1) is 5.69 Å². The van der Waals surface area contributed by atoms with Gasteiger partial charge >= 0.3 is 0 Å². The minimum Gasteiger partial charge on any atom is -0.353 e. The summed E-state index contributed by atoms with van der Waals surface area (Å²) < 4.78 is 13.4. The zero-order valence-electron chi connectivity index (χ0n) is 11.6. The van der Waals surface area contributed by atoms with E-state index in [-0.39, 0.29) is 11.7 Å². The molecule has 0 atom stereocenters. The van der Waals surface area contributed by atoms with Gasteiger partial charge in [-0.05, 0) is 39.8 Å². The first-order valence-corrected chi connectivity index (χ1v) is 6.12. The Morgan fingerprint density at radius 1 is 1.16 bits per heavy atom. The number of amides is 2. The van der Waals surface area contributed by atoms with E-state index in [9.17, 15) is 14.0 Å². The van der Waals surface area contributed by atoms with Gasteiger partial charge in [-0.1, -0.05) is 12.1 Å². The zero-order valence-corrected chi connectivity index (χ0v) is 11.6. The predicted octanol–water partition coefficient (Wildman–Crippen LogP) is 2.32. The van der Waals surface area contributed by atoms with Crippen LogP contribution in [0.1, 0.15) is 27.7 Å². The number of anilines is 1.